The molecule has 0 radical (unpaired) electrons. The first-order valence-corrected chi connectivity index (χ1v) is 6.79. The Kier molecular flexibility index (Phi) is 6.05. The number of nitrogens with zero attached hydrogens (tertiary/aromatic N) is 2. The molecule has 1 aliphatic rings. The number of rotatable bonds is 6. The first-order chi connectivity index (χ1) is 8.51. The number of hydrogen-bond donors (Lipinski definition) is 1. The largest absolute Gasteiger partial charge is 0.465 e. The van der Waals surface area contributed by atoms with Crippen LogP contribution in [0.3, 0.4) is 0 Å². The highest BCUT2D eigenvalue weighted by Gasteiger charge is 2.33. The Bertz CT molecular complexity index is 265. The van der Waals surface area contributed by atoms with Crippen LogP contribution in [0, 0.1) is 0 Å². The molecule has 1 atom stereocenters. The lowest BCUT2D eigenvalue weighted by atomic mass is 9.97. The van der Waals surface area contributed by atoms with Gasteiger partial charge in [-0.3, -0.25) is 4.79 Å². The average Bonchev–Trinajstić information content (AvgIpc) is 2.38. The molecule has 0 aromatic heterocycles. The van der Waals surface area contributed by atoms with Gasteiger partial charge in [-0.05, 0) is 34.4 Å². The number of piperazine rings is 1. The van der Waals surface area contributed by atoms with E-state index in [1.807, 2.05) is 20.9 Å². The first kappa shape index (κ1) is 15.4. The number of ether oxygens (including phenoxy) is 1. The molecule has 0 aromatic carbocycles. The van der Waals surface area contributed by atoms with E-state index in [4.69, 9.17) is 4.74 Å². The van der Waals surface area contributed by atoms with Gasteiger partial charge in [0.1, 0.15) is 5.54 Å². The molecule has 1 rings (SSSR count). The number of esters is 1. The second-order valence-corrected chi connectivity index (χ2v) is 5.20. The summed E-state index contributed by atoms with van der Waals surface area (Å²) >= 11 is 0. The van der Waals surface area contributed by atoms with E-state index < -0.39 is 5.54 Å². The lowest BCUT2D eigenvalue weighted by molar-refractivity contribution is -0.150. The van der Waals surface area contributed by atoms with Crippen molar-refractivity contribution in [3.63, 3.8) is 0 Å². The van der Waals surface area contributed by atoms with Gasteiger partial charge in [-0.15, -0.1) is 0 Å². The average molecular weight is 257 g/mol. The molecule has 0 aromatic rings. The van der Waals surface area contributed by atoms with E-state index in [-0.39, 0.29) is 5.97 Å². The third-order valence-electron chi connectivity index (χ3n) is 3.80. The van der Waals surface area contributed by atoms with Gasteiger partial charge < -0.3 is 19.9 Å². The van der Waals surface area contributed by atoms with Crippen LogP contribution in [0.1, 0.15) is 20.3 Å². The second kappa shape index (κ2) is 7.07. The SMILES string of the molecule is CCOC(=O)C(C)(CCN1CCN(C)CC1)NC. The van der Waals surface area contributed by atoms with Crippen molar-refractivity contribution >= 4 is 5.97 Å². The van der Waals surface area contributed by atoms with E-state index in [9.17, 15) is 4.79 Å². The highest BCUT2D eigenvalue weighted by Crippen LogP contribution is 2.13. The Morgan fingerprint density at radius 1 is 1.33 bits per heavy atom. The van der Waals surface area contributed by atoms with Crippen LogP contribution >= 0.6 is 0 Å². The molecule has 0 bridgehead atoms. The quantitative estimate of drug-likeness (QED) is 0.687. The van der Waals surface area contributed by atoms with Crippen molar-refractivity contribution in [1.29, 1.82) is 0 Å². The Balaban J connectivity index is 2.41. The Morgan fingerprint density at radius 3 is 2.44 bits per heavy atom. The highest BCUT2D eigenvalue weighted by atomic mass is 16.5. The summed E-state index contributed by atoms with van der Waals surface area (Å²) in [7, 11) is 3.97. The molecule has 106 valence electrons. The molecular weight excluding hydrogens is 230 g/mol. The number of nitrogens with one attached hydrogen (secondary N) is 1. The van der Waals surface area contributed by atoms with Crippen molar-refractivity contribution < 1.29 is 9.53 Å². The normalized spacial score (nSPS) is 21.6. The number of likely N-dealkylation sites (N-methyl/N-ethyl adjacent to an activating group) is 2. The molecule has 18 heavy (non-hydrogen) atoms. The summed E-state index contributed by atoms with van der Waals surface area (Å²) in [6.45, 7) is 9.51. The Morgan fingerprint density at radius 2 is 1.94 bits per heavy atom. The van der Waals surface area contributed by atoms with E-state index in [1.165, 1.54) is 0 Å². The minimum atomic E-state index is -0.570. The molecule has 0 aliphatic carbocycles. The second-order valence-electron chi connectivity index (χ2n) is 5.20. The van der Waals surface area contributed by atoms with Gasteiger partial charge in [0.15, 0.2) is 0 Å². The van der Waals surface area contributed by atoms with Crippen LogP contribution < -0.4 is 5.32 Å². The van der Waals surface area contributed by atoms with Crippen LogP contribution in [0.5, 0.6) is 0 Å². The van der Waals surface area contributed by atoms with Gasteiger partial charge in [-0.25, -0.2) is 0 Å². The van der Waals surface area contributed by atoms with Crippen molar-refractivity contribution in [2.24, 2.45) is 0 Å². The van der Waals surface area contributed by atoms with Crippen LogP contribution in [0.15, 0.2) is 0 Å². The molecule has 1 heterocycles. The zero-order valence-electron chi connectivity index (χ0n) is 12.2. The predicted molar refractivity (Wildman–Crippen MR) is 72.7 cm³/mol. The third-order valence-corrected chi connectivity index (χ3v) is 3.80. The first-order valence-electron chi connectivity index (χ1n) is 6.79. The molecule has 0 spiro atoms. The van der Waals surface area contributed by atoms with Crippen molar-refractivity contribution in [3.8, 4) is 0 Å². The van der Waals surface area contributed by atoms with E-state index in [2.05, 4.69) is 22.2 Å². The third kappa shape index (κ3) is 4.23. The summed E-state index contributed by atoms with van der Waals surface area (Å²) in [6.07, 6.45) is 0.784. The summed E-state index contributed by atoms with van der Waals surface area (Å²) in [5.41, 5.74) is -0.570. The summed E-state index contributed by atoms with van der Waals surface area (Å²) in [4.78, 5) is 16.7. The molecular formula is C13H27N3O2. The summed E-state index contributed by atoms with van der Waals surface area (Å²) < 4.78 is 5.13. The fourth-order valence-corrected chi connectivity index (χ4v) is 2.07. The van der Waals surface area contributed by atoms with E-state index >= 15 is 0 Å². The van der Waals surface area contributed by atoms with Crippen LogP contribution in [0.25, 0.3) is 0 Å². The lowest BCUT2D eigenvalue weighted by Gasteiger charge is -2.35. The van der Waals surface area contributed by atoms with Crippen LogP contribution in [-0.4, -0.2) is 74.7 Å². The molecule has 1 unspecified atom stereocenters. The summed E-state index contributed by atoms with van der Waals surface area (Å²) in [5.74, 6) is -0.151. The van der Waals surface area contributed by atoms with E-state index in [0.717, 1.165) is 39.1 Å². The molecule has 1 N–H and O–H groups in total. The van der Waals surface area contributed by atoms with Crippen LogP contribution in [0.2, 0.25) is 0 Å². The maximum Gasteiger partial charge on any atom is 0.326 e. The number of carbonyl (C=O) groups excluding carboxylic acids is 1. The predicted octanol–water partition coefficient (Wildman–Crippen LogP) is 0.165. The van der Waals surface area contributed by atoms with Crippen molar-refractivity contribution in [2.75, 3.05) is 53.4 Å². The van der Waals surface area contributed by atoms with Gasteiger partial charge in [-0.2, -0.15) is 0 Å². The minimum absolute atomic E-state index is 0.151. The van der Waals surface area contributed by atoms with Crippen molar-refractivity contribution in [1.82, 2.24) is 15.1 Å². The molecule has 1 aliphatic heterocycles. The molecule has 0 amide bonds. The van der Waals surface area contributed by atoms with E-state index in [1.54, 1.807) is 0 Å². The maximum atomic E-state index is 11.9. The smallest absolute Gasteiger partial charge is 0.326 e. The lowest BCUT2D eigenvalue weighted by Crippen LogP contribution is -2.52. The fourth-order valence-electron chi connectivity index (χ4n) is 2.07. The Hall–Kier alpha value is -0.650. The van der Waals surface area contributed by atoms with Crippen LogP contribution in [0.4, 0.5) is 0 Å². The topological polar surface area (TPSA) is 44.8 Å². The van der Waals surface area contributed by atoms with Gasteiger partial charge >= 0.3 is 5.97 Å². The van der Waals surface area contributed by atoms with Crippen molar-refractivity contribution in [3.05, 3.63) is 0 Å². The molecule has 0 saturated carbocycles. The summed E-state index contributed by atoms with van der Waals surface area (Å²) in [5, 5.41) is 3.10. The van der Waals surface area contributed by atoms with Gasteiger partial charge in [0, 0.05) is 32.7 Å². The molecule has 5 nitrogen and oxygen atoms in total. The van der Waals surface area contributed by atoms with Gasteiger partial charge in [0.25, 0.3) is 0 Å². The van der Waals surface area contributed by atoms with E-state index in [0.29, 0.717) is 6.61 Å². The van der Waals surface area contributed by atoms with Gasteiger partial charge in [-0.1, -0.05) is 0 Å². The zero-order chi connectivity index (χ0) is 13.6. The maximum absolute atomic E-state index is 11.9. The van der Waals surface area contributed by atoms with Crippen molar-refractivity contribution in [2.45, 2.75) is 25.8 Å². The van der Waals surface area contributed by atoms with Crippen LogP contribution in [-0.2, 0) is 9.53 Å². The standard InChI is InChI=1S/C13H27N3O2/c1-5-18-12(17)13(2,14-3)6-7-16-10-8-15(4)9-11-16/h14H,5-11H2,1-4H3. The molecule has 5 heteroatoms. The Labute approximate surface area is 110 Å². The molecule has 1 saturated heterocycles. The number of carbonyl (C=O) groups is 1. The number of hydrogen-bond acceptors (Lipinski definition) is 5. The van der Waals surface area contributed by atoms with Gasteiger partial charge in [0.2, 0.25) is 0 Å². The monoisotopic (exact) mass is 257 g/mol. The van der Waals surface area contributed by atoms with Gasteiger partial charge in [0.05, 0.1) is 6.61 Å². The minimum Gasteiger partial charge on any atom is -0.465 e. The molecule has 1 fully saturated rings. The fraction of sp³-hybridized carbons (Fsp3) is 0.923. The zero-order valence-corrected chi connectivity index (χ0v) is 12.2. The summed E-state index contributed by atoms with van der Waals surface area (Å²) in [6, 6.07) is 0. The highest BCUT2D eigenvalue weighted by molar-refractivity contribution is 5.80.